The van der Waals surface area contributed by atoms with Crippen LogP contribution in [0.4, 0.5) is 0 Å². The first-order valence-corrected chi connectivity index (χ1v) is 10.4. The lowest BCUT2D eigenvalue weighted by molar-refractivity contribution is 0.0657. The molecule has 2 aromatic rings. The fourth-order valence-corrected chi connectivity index (χ4v) is 3.77. The van der Waals surface area contributed by atoms with Gasteiger partial charge in [0, 0.05) is 29.7 Å². The molecule has 0 saturated heterocycles. The SMILES string of the molecule is CCNC(=NCC(C)(O)c1cc(C)oc1C)NCCCCc1nc(C)cs1. The third-order valence-electron chi connectivity index (χ3n) is 4.29. The maximum absolute atomic E-state index is 10.8. The Balaban J connectivity index is 1.83. The number of rotatable bonds is 9. The van der Waals surface area contributed by atoms with E-state index in [0.717, 1.165) is 61.1 Å². The van der Waals surface area contributed by atoms with E-state index in [9.17, 15) is 5.11 Å². The Morgan fingerprint density at radius 3 is 2.67 bits per heavy atom. The number of hydrogen-bond acceptors (Lipinski definition) is 5. The largest absolute Gasteiger partial charge is 0.466 e. The number of aliphatic hydroxyl groups is 1. The molecule has 0 radical (unpaired) electrons. The van der Waals surface area contributed by atoms with Crippen molar-refractivity contribution in [3.05, 3.63) is 39.2 Å². The number of unbranched alkanes of at least 4 members (excludes halogenated alkanes) is 1. The molecule has 150 valence electrons. The average Bonchev–Trinajstić information content (AvgIpc) is 3.17. The van der Waals surface area contributed by atoms with E-state index >= 15 is 0 Å². The van der Waals surface area contributed by atoms with Gasteiger partial charge in [-0.25, -0.2) is 9.98 Å². The van der Waals surface area contributed by atoms with E-state index in [-0.39, 0.29) is 6.54 Å². The van der Waals surface area contributed by atoms with E-state index < -0.39 is 5.60 Å². The van der Waals surface area contributed by atoms with Gasteiger partial charge < -0.3 is 20.2 Å². The van der Waals surface area contributed by atoms with Crippen molar-refractivity contribution in [3.8, 4) is 0 Å². The monoisotopic (exact) mass is 392 g/mol. The second-order valence-electron chi connectivity index (χ2n) is 7.06. The van der Waals surface area contributed by atoms with Gasteiger partial charge in [0.1, 0.15) is 17.1 Å². The molecule has 0 bridgehead atoms. The van der Waals surface area contributed by atoms with Crippen molar-refractivity contribution < 1.29 is 9.52 Å². The Morgan fingerprint density at radius 1 is 1.30 bits per heavy atom. The Labute approximate surface area is 166 Å². The Hall–Kier alpha value is -1.86. The smallest absolute Gasteiger partial charge is 0.191 e. The summed E-state index contributed by atoms with van der Waals surface area (Å²) in [6.45, 7) is 11.5. The first kappa shape index (κ1) is 21.4. The van der Waals surface area contributed by atoms with E-state index in [2.05, 4.69) is 26.0 Å². The predicted molar refractivity (Wildman–Crippen MR) is 112 cm³/mol. The van der Waals surface area contributed by atoms with Gasteiger partial charge in [-0.1, -0.05) is 0 Å². The highest BCUT2D eigenvalue weighted by Crippen LogP contribution is 2.27. The molecular weight excluding hydrogens is 360 g/mol. The average molecular weight is 393 g/mol. The van der Waals surface area contributed by atoms with Crippen LogP contribution in [0.1, 0.15) is 54.5 Å². The summed E-state index contributed by atoms with van der Waals surface area (Å²) in [6.07, 6.45) is 3.14. The zero-order valence-electron chi connectivity index (χ0n) is 17.1. The van der Waals surface area contributed by atoms with Crippen molar-refractivity contribution in [3.63, 3.8) is 0 Å². The van der Waals surface area contributed by atoms with Crippen LogP contribution in [0.5, 0.6) is 0 Å². The normalized spacial score (nSPS) is 14.2. The molecule has 1 unspecified atom stereocenters. The molecule has 3 N–H and O–H groups in total. The second-order valence-corrected chi connectivity index (χ2v) is 8.01. The van der Waals surface area contributed by atoms with Crippen LogP contribution in [0, 0.1) is 20.8 Å². The lowest BCUT2D eigenvalue weighted by Crippen LogP contribution is -2.39. The fourth-order valence-electron chi connectivity index (χ4n) is 2.95. The molecule has 6 nitrogen and oxygen atoms in total. The third-order valence-corrected chi connectivity index (χ3v) is 5.31. The molecule has 2 rings (SSSR count). The first-order valence-electron chi connectivity index (χ1n) is 9.55. The molecule has 0 aliphatic heterocycles. The van der Waals surface area contributed by atoms with E-state index in [0.29, 0.717) is 0 Å². The Bertz CT molecular complexity index is 749. The molecule has 2 heterocycles. The highest BCUT2D eigenvalue weighted by atomic mass is 32.1. The summed E-state index contributed by atoms with van der Waals surface area (Å²) < 4.78 is 5.54. The molecule has 2 aromatic heterocycles. The molecule has 0 aliphatic rings. The summed E-state index contributed by atoms with van der Waals surface area (Å²) in [5, 5.41) is 20.7. The van der Waals surface area contributed by atoms with Crippen molar-refractivity contribution >= 4 is 17.3 Å². The molecule has 0 fully saturated rings. The Kier molecular flexibility index (Phi) is 7.86. The van der Waals surface area contributed by atoms with Gasteiger partial charge in [0.15, 0.2) is 5.96 Å². The van der Waals surface area contributed by atoms with Crippen LogP contribution in [0.25, 0.3) is 0 Å². The molecule has 0 aromatic carbocycles. The number of nitrogens with zero attached hydrogens (tertiary/aromatic N) is 2. The number of thiazole rings is 1. The number of aliphatic imine (C=N–C) groups is 1. The molecular formula is C20H32N4O2S. The molecule has 1 atom stereocenters. The van der Waals surface area contributed by atoms with Crippen molar-refractivity contribution in [2.75, 3.05) is 19.6 Å². The highest BCUT2D eigenvalue weighted by molar-refractivity contribution is 7.09. The summed E-state index contributed by atoms with van der Waals surface area (Å²) in [5.41, 5.74) is 0.829. The van der Waals surface area contributed by atoms with Crippen LogP contribution in [0.15, 0.2) is 20.9 Å². The van der Waals surface area contributed by atoms with Gasteiger partial charge in [-0.15, -0.1) is 11.3 Å². The van der Waals surface area contributed by atoms with E-state index in [1.807, 2.05) is 33.8 Å². The Morgan fingerprint density at radius 2 is 2.07 bits per heavy atom. The number of furan rings is 1. The zero-order valence-corrected chi connectivity index (χ0v) is 17.9. The van der Waals surface area contributed by atoms with Gasteiger partial charge in [0.25, 0.3) is 0 Å². The molecule has 0 spiro atoms. The first-order chi connectivity index (χ1) is 12.8. The number of nitrogens with one attached hydrogen (secondary N) is 2. The lowest BCUT2D eigenvalue weighted by Gasteiger charge is -2.21. The summed E-state index contributed by atoms with van der Waals surface area (Å²) in [4.78, 5) is 9.06. The fraction of sp³-hybridized carbons (Fsp3) is 0.600. The van der Waals surface area contributed by atoms with Gasteiger partial charge in [-0.05, 0) is 59.9 Å². The minimum Gasteiger partial charge on any atom is -0.466 e. The van der Waals surface area contributed by atoms with Crippen molar-refractivity contribution in [2.45, 2.75) is 59.5 Å². The number of guanidine groups is 1. The zero-order chi connectivity index (χ0) is 19.9. The van der Waals surface area contributed by atoms with E-state index in [1.54, 1.807) is 18.3 Å². The van der Waals surface area contributed by atoms with Crippen molar-refractivity contribution in [2.24, 2.45) is 4.99 Å². The quantitative estimate of drug-likeness (QED) is 0.346. The maximum Gasteiger partial charge on any atom is 0.191 e. The standard InChI is InChI=1S/C20H32N4O2S/c1-6-21-19(22-10-8-7-9-18-24-14(2)12-27-18)23-13-20(5,25)17-11-15(3)26-16(17)4/h11-12,25H,6-10,13H2,1-5H3,(H2,21,22,23). The van der Waals surface area contributed by atoms with Crippen molar-refractivity contribution in [1.29, 1.82) is 0 Å². The van der Waals surface area contributed by atoms with Gasteiger partial charge in [-0.2, -0.15) is 0 Å². The van der Waals surface area contributed by atoms with Crippen LogP contribution in [0.2, 0.25) is 0 Å². The predicted octanol–water partition coefficient (Wildman–Crippen LogP) is 3.45. The van der Waals surface area contributed by atoms with Crippen LogP contribution >= 0.6 is 11.3 Å². The lowest BCUT2D eigenvalue weighted by atomic mass is 9.96. The molecule has 0 aliphatic carbocycles. The third kappa shape index (κ3) is 6.66. The molecule has 7 heteroatoms. The summed E-state index contributed by atoms with van der Waals surface area (Å²) in [6, 6.07) is 1.88. The minimum absolute atomic E-state index is 0.264. The van der Waals surface area contributed by atoms with Gasteiger partial charge in [-0.3, -0.25) is 0 Å². The minimum atomic E-state index is -1.06. The van der Waals surface area contributed by atoms with Gasteiger partial charge in [0.05, 0.1) is 11.6 Å². The molecule has 0 saturated carbocycles. The molecule has 0 amide bonds. The van der Waals surface area contributed by atoms with Crippen LogP contribution < -0.4 is 10.6 Å². The van der Waals surface area contributed by atoms with Crippen molar-refractivity contribution in [1.82, 2.24) is 15.6 Å². The number of hydrogen-bond donors (Lipinski definition) is 3. The molecule has 27 heavy (non-hydrogen) atoms. The second kappa shape index (κ2) is 9.90. The van der Waals surface area contributed by atoms with E-state index in [4.69, 9.17) is 4.42 Å². The summed E-state index contributed by atoms with van der Waals surface area (Å²) >= 11 is 1.73. The van der Waals surface area contributed by atoms with Crippen LogP contribution in [-0.4, -0.2) is 35.7 Å². The number of aryl methyl sites for hydroxylation is 4. The maximum atomic E-state index is 10.8. The van der Waals surface area contributed by atoms with Crippen LogP contribution in [0.3, 0.4) is 0 Å². The summed E-state index contributed by atoms with van der Waals surface area (Å²) in [5.74, 6) is 2.26. The summed E-state index contributed by atoms with van der Waals surface area (Å²) in [7, 11) is 0. The topological polar surface area (TPSA) is 82.7 Å². The van der Waals surface area contributed by atoms with E-state index in [1.165, 1.54) is 5.01 Å². The highest BCUT2D eigenvalue weighted by Gasteiger charge is 2.27. The van der Waals surface area contributed by atoms with Gasteiger partial charge in [0.2, 0.25) is 0 Å². The van der Waals surface area contributed by atoms with Gasteiger partial charge >= 0.3 is 0 Å². The van der Waals surface area contributed by atoms with Crippen LogP contribution in [-0.2, 0) is 12.0 Å². The number of aromatic nitrogens is 1.